The molecule has 10 heteroatoms. The highest BCUT2D eigenvalue weighted by molar-refractivity contribution is 5.92. The van der Waals surface area contributed by atoms with Gasteiger partial charge >= 0.3 is 11.9 Å². The van der Waals surface area contributed by atoms with Gasteiger partial charge in [0.15, 0.2) is 17.5 Å². The molecule has 0 aliphatic heterocycles. The molecule has 0 saturated heterocycles. The number of hydrogen-bond donors (Lipinski definition) is 1. The lowest BCUT2D eigenvalue weighted by Gasteiger charge is -2.11. The Morgan fingerprint density at radius 2 is 1.31 bits per heavy atom. The zero-order valence-electron chi connectivity index (χ0n) is 18.6. The van der Waals surface area contributed by atoms with E-state index in [1.165, 1.54) is 38.5 Å². The molecule has 1 aromatic heterocycles. The number of ether oxygens (including phenoxy) is 2. The Balaban J connectivity index is 1.93. The van der Waals surface area contributed by atoms with E-state index in [0.29, 0.717) is 16.7 Å². The van der Waals surface area contributed by atoms with Crippen LogP contribution in [0, 0.1) is 4.91 Å². The summed E-state index contributed by atoms with van der Waals surface area (Å²) in [6, 6.07) is 17.0. The van der Waals surface area contributed by atoms with Gasteiger partial charge < -0.3 is 14.6 Å². The van der Waals surface area contributed by atoms with Crippen molar-refractivity contribution in [3.8, 4) is 39.9 Å². The third-order valence-electron chi connectivity index (χ3n) is 5.10. The van der Waals surface area contributed by atoms with E-state index in [0.717, 1.165) is 0 Å². The maximum atomic E-state index is 12.0. The Hall–Kier alpha value is -4.99. The predicted molar refractivity (Wildman–Crippen MR) is 126 cm³/mol. The third kappa shape index (κ3) is 4.71. The van der Waals surface area contributed by atoms with Crippen molar-refractivity contribution >= 4 is 17.6 Å². The number of hydrogen-bond acceptors (Lipinski definition) is 10. The van der Waals surface area contributed by atoms with Crippen LogP contribution in [0.3, 0.4) is 0 Å². The molecule has 0 saturated carbocycles. The highest BCUT2D eigenvalue weighted by atomic mass is 16.5. The van der Waals surface area contributed by atoms with E-state index in [-0.39, 0.29) is 40.0 Å². The average molecular weight is 470 g/mol. The van der Waals surface area contributed by atoms with Gasteiger partial charge in [-0.05, 0) is 47.6 Å². The summed E-state index contributed by atoms with van der Waals surface area (Å²) in [4.78, 5) is 48.6. The van der Waals surface area contributed by atoms with Gasteiger partial charge in [-0.3, -0.25) is 0 Å². The van der Waals surface area contributed by atoms with E-state index in [4.69, 9.17) is 9.47 Å². The molecule has 1 heterocycles. The fraction of sp³-hybridized carbons (Fsp3) is 0.0800. The summed E-state index contributed by atoms with van der Waals surface area (Å²) >= 11 is 0. The molecule has 0 atom stereocenters. The van der Waals surface area contributed by atoms with Crippen LogP contribution in [-0.2, 0) is 9.47 Å². The molecule has 0 radical (unpaired) electrons. The number of carbonyl (C=O) groups is 2. The second-order valence-corrected chi connectivity index (χ2v) is 7.21. The second kappa shape index (κ2) is 9.87. The van der Waals surface area contributed by atoms with Crippen LogP contribution in [0.5, 0.6) is 5.75 Å². The molecule has 35 heavy (non-hydrogen) atoms. The van der Waals surface area contributed by atoms with Gasteiger partial charge in [-0.2, -0.15) is 0 Å². The molecule has 0 bridgehead atoms. The molecule has 10 nitrogen and oxygen atoms in total. The van der Waals surface area contributed by atoms with Gasteiger partial charge in [0.1, 0.15) is 11.4 Å². The summed E-state index contributed by atoms with van der Waals surface area (Å²) in [6.45, 7) is 0. The Labute approximate surface area is 199 Å². The number of benzene rings is 3. The molecule has 0 unspecified atom stereocenters. The molecule has 0 fully saturated rings. The number of phenols is 1. The van der Waals surface area contributed by atoms with Crippen LogP contribution in [0.25, 0.3) is 34.2 Å². The van der Waals surface area contributed by atoms with Gasteiger partial charge in [0.2, 0.25) is 0 Å². The summed E-state index contributed by atoms with van der Waals surface area (Å²) in [7, 11) is 2.53. The molecule has 4 rings (SSSR count). The molecule has 0 aliphatic rings. The number of esters is 2. The summed E-state index contributed by atoms with van der Waals surface area (Å²) in [6.07, 6.45) is 0. The summed E-state index contributed by atoms with van der Waals surface area (Å²) in [5.41, 5.74) is 1.67. The maximum absolute atomic E-state index is 12.0. The molecule has 0 amide bonds. The van der Waals surface area contributed by atoms with Gasteiger partial charge in [0.25, 0.3) is 0 Å². The van der Waals surface area contributed by atoms with E-state index in [9.17, 15) is 19.6 Å². The first-order chi connectivity index (χ1) is 16.9. The number of nitroso groups, excluding NO2 is 1. The summed E-state index contributed by atoms with van der Waals surface area (Å²) < 4.78 is 9.49. The van der Waals surface area contributed by atoms with Crippen LogP contribution in [0.15, 0.2) is 71.9 Å². The molecule has 1 N–H and O–H groups in total. The van der Waals surface area contributed by atoms with Crippen LogP contribution in [0.1, 0.15) is 20.7 Å². The number of aromatic nitrogens is 3. The first kappa shape index (κ1) is 23.2. The zero-order valence-corrected chi connectivity index (χ0v) is 18.6. The Morgan fingerprint density at radius 3 is 1.97 bits per heavy atom. The van der Waals surface area contributed by atoms with E-state index >= 15 is 0 Å². The minimum atomic E-state index is -0.602. The number of rotatable bonds is 6. The van der Waals surface area contributed by atoms with Gasteiger partial charge in [-0.15, -0.1) is 4.91 Å². The smallest absolute Gasteiger partial charge is 0.337 e. The fourth-order valence-electron chi connectivity index (χ4n) is 3.32. The van der Waals surface area contributed by atoms with E-state index in [1.54, 1.807) is 42.5 Å². The van der Waals surface area contributed by atoms with Crippen molar-refractivity contribution in [3.63, 3.8) is 0 Å². The number of carbonyl (C=O) groups excluding carboxylic acids is 2. The molecule has 3 aromatic carbocycles. The number of methoxy groups -OCH3 is 2. The maximum Gasteiger partial charge on any atom is 0.337 e. The minimum Gasteiger partial charge on any atom is -0.507 e. The van der Waals surface area contributed by atoms with Gasteiger partial charge in [-0.25, -0.2) is 24.5 Å². The van der Waals surface area contributed by atoms with Crippen LogP contribution < -0.4 is 0 Å². The Morgan fingerprint density at radius 1 is 0.743 bits per heavy atom. The number of phenolic OH excluding ortho intramolecular Hbond substituents is 1. The van der Waals surface area contributed by atoms with Crippen molar-refractivity contribution in [1.29, 1.82) is 0 Å². The Bertz CT molecular complexity index is 1440. The molecule has 0 spiro atoms. The fourth-order valence-corrected chi connectivity index (χ4v) is 3.32. The lowest BCUT2D eigenvalue weighted by Crippen LogP contribution is -2.04. The zero-order chi connectivity index (χ0) is 24.9. The lowest BCUT2D eigenvalue weighted by atomic mass is 10.1. The normalized spacial score (nSPS) is 10.5. The van der Waals surface area contributed by atoms with E-state index in [2.05, 4.69) is 20.1 Å². The lowest BCUT2D eigenvalue weighted by molar-refractivity contribution is 0.0592. The first-order valence-electron chi connectivity index (χ1n) is 10.2. The van der Waals surface area contributed by atoms with Crippen LogP contribution >= 0.6 is 0 Å². The van der Waals surface area contributed by atoms with Crippen molar-refractivity contribution in [2.24, 2.45) is 5.18 Å². The summed E-state index contributed by atoms with van der Waals surface area (Å²) in [5, 5.41) is 13.6. The van der Waals surface area contributed by atoms with E-state index < -0.39 is 11.9 Å². The summed E-state index contributed by atoms with van der Waals surface area (Å²) in [5.74, 6) is -0.904. The number of aromatic hydroxyl groups is 1. The van der Waals surface area contributed by atoms with Crippen molar-refractivity contribution in [1.82, 2.24) is 15.0 Å². The number of nitrogens with zero attached hydrogens (tertiary/aromatic N) is 4. The van der Waals surface area contributed by atoms with Crippen molar-refractivity contribution in [3.05, 3.63) is 82.8 Å². The molecular formula is C25H18N4O6. The predicted octanol–water partition coefficient (Wildman–Crippen LogP) is 4.55. The second-order valence-electron chi connectivity index (χ2n) is 7.21. The van der Waals surface area contributed by atoms with Crippen molar-refractivity contribution in [2.75, 3.05) is 14.2 Å². The molecule has 174 valence electrons. The van der Waals surface area contributed by atoms with Gasteiger partial charge in [-0.1, -0.05) is 24.3 Å². The highest BCUT2D eigenvalue weighted by Crippen LogP contribution is 2.33. The quantitative estimate of drug-likeness (QED) is 0.317. The van der Waals surface area contributed by atoms with Gasteiger partial charge in [0.05, 0.1) is 30.9 Å². The highest BCUT2D eigenvalue weighted by Gasteiger charge is 2.19. The molecule has 0 aliphatic carbocycles. The third-order valence-corrected chi connectivity index (χ3v) is 5.10. The topological polar surface area (TPSA) is 141 Å². The SMILES string of the molecule is COC(=O)c1ccc(-c2nc(-c3cc(C(=O)OC)ccc3O)nc(-c3ccccc3N=O)n2)cc1. The van der Waals surface area contributed by atoms with Crippen molar-refractivity contribution in [2.45, 2.75) is 0 Å². The van der Waals surface area contributed by atoms with Crippen LogP contribution in [-0.4, -0.2) is 46.2 Å². The monoisotopic (exact) mass is 470 g/mol. The van der Waals surface area contributed by atoms with Crippen LogP contribution in [0.4, 0.5) is 5.69 Å². The first-order valence-corrected chi connectivity index (χ1v) is 10.2. The average Bonchev–Trinajstić information content (AvgIpc) is 2.92. The minimum absolute atomic E-state index is 0.0472. The molecular weight excluding hydrogens is 452 g/mol. The van der Waals surface area contributed by atoms with Crippen molar-refractivity contribution < 1.29 is 24.2 Å². The largest absolute Gasteiger partial charge is 0.507 e. The van der Waals surface area contributed by atoms with Gasteiger partial charge in [0, 0.05) is 11.1 Å². The Kier molecular flexibility index (Phi) is 6.54. The standard InChI is InChI=1S/C25H18N4O6/c1-34-24(31)15-9-7-14(8-10-15)21-26-22(17-5-3-4-6-19(17)29-33)28-23(27-21)18-13-16(25(32)35-2)11-12-20(18)30/h3-13,30H,1-2H3. The molecule has 4 aromatic rings. The van der Waals surface area contributed by atoms with E-state index in [1.807, 2.05) is 0 Å². The van der Waals surface area contributed by atoms with Crippen LogP contribution in [0.2, 0.25) is 0 Å².